The molecule has 1 atom stereocenters. The molecule has 1 aliphatic carbocycles. The van der Waals surface area contributed by atoms with Gasteiger partial charge in [-0.2, -0.15) is 4.98 Å². The number of rotatable bonds is 2. The summed E-state index contributed by atoms with van der Waals surface area (Å²) >= 11 is 0. The molecule has 1 unspecified atom stereocenters. The van der Waals surface area contributed by atoms with Crippen molar-refractivity contribution in [2.45, 2.75) is 38.1 Å². The van der Waals surface area contributed by atoms with Crippen molar-refractivity contribution < 1.29 is 9.90 Å². The summed E-state index contributed by atoms with van der Waals surface area (Å²) in [5.41, 5.74) is 6.47. The molecule has 3 rings (SSSR count). The molecule has 7 heteroatoms. The maximum Gasteiger partial charge on any atom is 0.407 e. The Balaban J connectivity index is 1.73. The number of likely N-dealkylation sites (N-methyl/N-ethyl adjacent to an activating group) is 1. The third-order valence-electron chi connectivity index (χ3n) is 4.83. The fraction of sp³-hybridized carbons (Fsp3) is 0.588. The van der Waals surface area contributed by atoms with Crippen molar-refractivity contribution in [3.63, 3.8) is 0 Å². The van der Waals surface area contributed by atoms with Crippen LogP contribution < -0.4 is 10.6 Å². The molecule has 0 aromatic carbocycles. The predicted octanol–water partition coefficient (Wildman–Crippen LogP) is 1.79. The van der Waals surface area contributed by atoms with Gasteiger partial charge in [0.1, 0.15) is 11.5 Å². The molecule has 2 aliphatic rings. The number of nitrogens with two attached hydrogens (primary N) is 1. The molecule has 1 saturated carbocycles. The van der Waals surface area contributed by atoms with Gasteiger partial charge in [-0.25, -0.2) is 9.78 Å². The standard InChI is InChI=1S/C17H23N5O2/c1-21(17(23)24)14-8-9-22(11-14)15-10-13(19-16(18)20-15)7-6-12-4-2-3-5-12/h10,12,14H,2-5,8-9,11H2,1H3,(H,23,24)(H2,18,19,20). The van der Waals surface area contributed by atoms with Crippen molar-refractivity contribution in [2.75, 3.05) is 30.8 Å². The van der Waals surface area contributed by atoms with Gasteiger partial charge in [0.25, 0.3) is 0 Å². The third-order valence-corrected chi connectivity index (χ3v) is 4.83. The Morgan fingerprint density at radius 3 is 2.83 bits per heavy atom. The normalized spacial score (nSPS) is 20.7. The summed E-state index contributed by atoms with van der Waals surface area (Å²) in [5.74, 6) is 7.81. The van der Waals surface area contributed by atoms with E-state index in [1.54, 1.807) is 7.05 Å². The van der Waals surface area contributed by atoms with Gasteiger partial charge in [-0.05, 0) is 25.2 Å². The summed E-state index contributed by atoms with van der Waals surface area (Å²) in [6, 6.07) is 1.81. The van der Waals surface area contributed by atoms with Gasteiger partial charge in [0.2, 0.25) is 5.95 Å². The summed E-state index contributed by atoms with van der Waals surface area (Å²) in [5, 5.41) is 9.10. The quantitative estimate of drug-likeness (QED) is 0.803. The highest BCUT2D eigenvalue weighted by Gasteiger charge is 2.29. The molecule has 24 heavy (non-hydrogen) atoms. The lowest BCUT2D eigenvalue weighted by Crippen LogP contribution is -2.38. The van der Waals surface area contributed by atoms with E-state index in [1.807, 2.05) is 11.0 Å². The van der Waals surface area contributed by atoms with Crippen LogP contribution in [-0.2, 0) is 0 Å². The molecule has 7 nitrogen and oxygen atoms in total. The van der Waals surface area contributed by atoms with E-state index in [4.69, 9.17) is 10.8 Å². The maximum atomic E-state index is 11.1. The average Bonchev–Trinajstić information content (AvgIpc) is 3.23. The van der Waals surface area contributed by atoms with Crippen LogP contribution >= 0.6 is 0 Å². The third kappa shape index (κ3) is 3.70. The van der Waals surface area contributed by atoms with Crippen molar-refractivity contribution >= 4 is 17.9 Å². The van der Waals surface area contributed by atoms with Crippen molar-refractivity contribution in [2.24, 2.45) is 5.92 Å². The van der Waals surface area contributed by atoms with E-state index < -0.39 is 6.09 Å². The molecule has 0 bridgehead atoms. The van der Waals surface area contributed by atoms with Gasteiger partial charge in [0.15, 0.2) is 0 Å². The Morgan fingerprint density at radius 1 is 1.38 bits per heavy atom. The van der Waals surface area contributed by atoms with Gasteiger partial charge in [-0.3, -0.25) is 0 Å². The molecule has 1 aliphatic heterocycles. The summed E-state index contributed by atoms with van der Waals surface area (Å²) in [7, 11) is 1.60. The molecule has 0 radical (unpaired) electrons. The molecule has 128 valence electrons. The number of nitrogens with zero attached hydrogens (tertiary/aromatic N) is 4. The first kappa shape index (κ1) is 16.4. The second-order valence-corrected chi connectivity index (χ2v) is 6.50. The minimum absolute atomic E-state index is 0.0355. The zero-order valence-corrected chi connectivity index (χ0v) is 13.9. The fourth-order valence-electron chi connectivity index (χ4n) is 3.35. The van der Waals surface area contributed by atoms with Crippen LogP contribution in [0.3, 0.4) is 0 Å². The summed E-state index contributed by atoms with van der Waals surface area (Å²) in [4.78, 5) is 23.0. The first-order valence-electron chi connectivity index (χ1n) is 8.39. The van der Waals surface area contributed by atoms with E-state index in [-0.39, 0.29) is 12.0 Å². The molecule has 1 aromatic heterocycles. The van der Waals surface area contributed by atoms with Crippen LogP contribution in [0.1, 0.15) is 37.8 Å². The molecule has 2 heterocycles. The lowest BCUT2D eigenvalue weighted by Gasteiger charge is -2.22. The van der Waals surface area contributed by atoms with Crippen molar-refractivity contribution in [3.05, 3.63) is 11.8 Å². The predicted molar refractivity (Wildman–Crippen MR) is 91.7 cm³/mol. The van der Waals surface area contributed by atoms with Crippen LogP contribution in [0.2, 0.25) is 0 Å². The number of aromatic nitrogens is 2. The Kier molecular flexibility index (Phi) is 4.74. The highest BCUT2D eigenvalue weighted by Crippen LogP contribution is 2.24. The Labute approximate surface area is 141 Å². The highest BCUT2D eigenvalue weighted by atomic mass is 16.4. The highest BCUT2D eigenvalue weighted by molar-refractivity contribution is 5.65. The van der Waals surface area contributed by atoms with Crippen LogP contribution in [0.15, 0.2) is 6.07 Å². The number of anilines is 2. The molecular formula is C17H23N5O2. The van der Waals surface area contributed by atoms with E-state index in [2.05, 4.69) is 21.8 Å². The summed E-state index contributed by atoms with van der Waals surface area (Å²) in [6.07, 6.45) is 4.69. The number of carbonyl (C=O) groups is 1. The van der Waals surface area contributed by atoms with Crippen LogP contribution in [-0.4, -0.2) is 52.2 Å². The van der Waals surface area contributed by atoms with Crippen LogP contribution in [0, 0.1) is 17.8 Å². The molecular weight excluding hydrogens is 306 g/mol. The zero-order valence-electron chi connectivity index (χ0n) is 13.9. The first-order chi connectivity index (χ1) is 11.5. The number of hydrogen-bond acceptors (Lipinski definition) is 5. The second-order valence-electron chi connectivity index (χ2n) is 6.50. The Hall–Kier alpha value is -2.49. The van der Waals surface area contributed by atoms with Gasteiger partial charge < -0.3 is 20.6 Å². The smallest absolute Gasteiger partial charge is 0.407 e. The van der Waals surface area contributed by atoms with Crippen molar-refractivity contribution in [1.82, 2.24) is 14.9 Å². The number of amides is 1. The SMILES string of the molecule is CN(C(=O)O)C1CCN(c2cc(C#CC3CCCC3)nc(N)n2)C1. The molecule has 0 spiro atoms. The van der Waals surface area contributed by atoms with E-state index in [9.17, 15) is 4.79 Å². The van der Waals surface area contributed by atoms with Gasteiger partial charge in [0.05, 0.1) is 6.04 Å². The second kappa shape index (κ2) is 6.95. The van der Waals surface area contributed by atoms with Crippen LogP contribution in [0.4, 0.5) is 16.6 Å². The van der Waals surface area contributed by atoms with E-state index in [1.165, 1.54) is 17.7 Å². The zero-order chi connectivity index (χ0) is 17.1. The van der Waals surface area contributed by atoms with Gasteiger partial charge in [-0.15, -0.1) is 0 Å². The Bertz CT molecular complexity index is 675. The fourth-order valence-corrected chi connectivity index (χ4v) is 3.35. The molecule has 1 aromatic rings. The number of nitrogen functional groups attached to an aromatic ring is 1. The van der Waals surface area contributed by atoms with Crippen molar-refractivity contribution in [3.8, 4) is 11.8 Å². The maximum absolute atomic E-state index is 11.1. The topological polar surface area (TPSA) is 95.6 Å². The van der Waals surface area contributed by atoms with Gasteiger partial charge in [-0.1, -0.05) is 18.8 Å². The average molecular weight is 329 g/mol. The molecule has 3 N–H and O–H groups in total. The van der Waals surface area contributed by atoms with Crippen molar-refractivity contribution in [1.29, 1.82) is 0 Å². The lowest BCUT2D eigenvalue weighted by atomic mass is 10.1. The first-order valence-corrected chi connectivity index (χ1v) is 8.39. The molecule has 1 amide bonds. The lowest BCUT2D eigenvalue weighted by molar-refractivity contribution is 0.142. The monoisotopic (exact) mass is 329 g/mol. The summed E-state index contributed by atoms with van der Waals surface area (Å²) in [6.45, 7) is 1.35. The molecule has 1 saturated heterocycles. The van der Waals surface area contributed by atoms with Gasteiger partial charge in [0, 0.05) is 32.1 Å². The molecule has 2 fully saturated rings. The number of carboxylic acid groups (broad SMARTS) is 1. The van der Waals surface area contributed by atoms with Crippen LogP contribution in [0.5, 0.6) is 0 Å². The van der Waals surface area contributed by atoms with E-state index in [0.717, 1.165) is 31.6 Å². The van der Waals surface area contributed by atoms with E-state index >= 15 is 0 Å². The van der Waals surface area contributed by atoms with Crippen LogP contribution in [0.25, 0.3) is 0 Å². The van der Waals surface area contributed by atoms with Gasteiger partial charge >= 0.3 is 6.09 Å². The number of hydrogen-bond donors (Lipinski definition) is 2. The minimum Gasteiger partial charge on any atom is -0.465 e. The Morgan fingerprint density at radius 2 is 2.12 bits per heavy atom. The van der Waals surface area contributed by atoms with E-state index in [0.29, 0.717) is 18.2 Å². The minimum atomic E-state index is -0.910. The summed E-state index contributed by atoms with van der Waals surface area (Å²) < 4.78 is 0. The largest absolute Gasteiger partial charge is 0.465 e.